The van der Waals surface area contributed by atoms with E-state index < -0.39 is 11.9 Å². The summed E-state index contributed by atoms with van der Waals surface area (Å²) >= 11 is 0. The van der Waals surface area contributed by atoms with Crippen molar-refractivity contribution in [3.8, 4) is 17.6 Å². The Morgan fingerprint density at radius 2 is 1.97 bits per heavy atom. The molecule has 0 aliphatic rings. The number of benzene rings is 2. The van der Waals surface area contributed by atoms with Crippen LogP contribution in [0, 0.1) is 11.3 Å². The smallest absolute Gasteiger partial charge is 0.379 e. The molecule has 0 atom stereocenters. The van der Waals surface area contributed by atoms with E-state index in [1.54, 1.807) is 24.3 Å². The molecule has 0 radical (unpaired) electrons. The quantitative estimate of drug-likeness (QED) is 0.190. The average Bonchev–Trinajstić information content (AvgIpc) is 3.23. The number of rotatable bonds is 8. The highest BCUT2D eigenvalue weighted by atomic mass is 16.6. The minimum atomic E-state index is -0.661. The number of nitrogens with one attached hydrogen (secondary N) is 1. The standard InChI is InChI=1S/C24H22N2O5/c1-3-4-11-26-23(27)18(15-25)12-16-9-10-20(21(13-16)29-2)31-24(28)22-14-17-7-5-6-8-19(17)30-22/h5-10,12-14H,3-4,11H2,1-2H3,(H,26,27)/b18-12+. The van der Waals surface area contributed by atoms with Crippen molar-refractivity contribution in [2.75, 3.05) is 13.7 Å². The number of carbonyl (C=O) groups is 2. The molecule has 1 aromatic heterocycles. The van der Waals surface area contributed by atoms with Gasteiger partial charge in [0.1, 0.15) is 17.2 Å². The number of ether oxygens (including phenoxy) is 2. The van der Waals surface area contributed by atoms with E-state index in [1.807, 2.05) is 31.2 Å². The minimum Gasteiger partial charge on any atom is -0.493 e. The molecule has 0 saturated carbocycles. The molecule has 3 rings (SSSR count). The Labute approximate surface area is 179 Å². The van der Waals surface area contributed by atoms with Crippen molar-refractivity contribution in [2.45, 2.75) is 19.8 Å². The van der Waals surface area contributed by atoms with Gasteiger partial charge in [-0.15, -0.1) is 0 Å². The van der Waals surface area contributed by atoms with E-state index in [9.17, 15) is 14.9 Å². The third-order valence-electron chi connectivity index (χ3n) is 4.51. The van der Waals surface area contributed by atoms with Crippen molar-refractivity contribution in [3.05, 3.63) is 65.4 Å². The van der Waals surface area contributed by atoms with E-state index in [-0.39, 0.29) is 22.8 Å². The number of amides is 1. The van der Waals surface area contributed by atoms with Gasteiger partial charge in [-0.1, -0.05) is 37.6 Å². The van der Waals surface area contributed by atoms with Crippen LogP contribution >= 0.6 is 0 Å². The molecule has 3 aromatic rings. The van der Waals surface area contributed by atoms with Gasteiger partial charge >= 0.3 is 5.97 Å². The maximum absolute atomic E-state index is 12.5. The van der Waals surface area contributed by atoms with Crippen LogP contribution in [-0.2, 0) is 4.79 Å². The zero-order chi connectivity index (χ0) is 22.2. The van der Waals surface area contributed by atoms with Crippen LogP contribution in [0.4, 0.5) is 0 Å². The average molecular weight is 418 g/mol. The summed E-state index contributed by atoms with van der Waals surface area (Å²) in [5, 5.41) is 12.8. The SMILES string of the molecule is CCCCNC(=O)/C(C#N)=C/c1ccc(OC(=O)c2cc3ccccc3o2)c(OC)c1. The molecule has 7 heteroatoms. The van der Waals surface area contributed by atoms with Crippen LogP contribution in [0.15, 0.2) is 58.5 Å². The van der Waals surface area contributed by atoms with Crippen LogP contribution in [-0.4, -0.2) is 25.5 Å². The maximum atomic E-state index is 12.5. The zero-order valence-electron chi connectivity index (χ0n) is 17.3. The summed E-state index contributed by atoms with van der Waals surface area (Å²) < 4.78 is 16.3. The van der Waals surface area contributed by atoms with Gasteiger partial charge in [-0.2, -0.15) is 5.26 Å². The van der Waals surface area contributed by atoms with Crippen molar-refractivity contribution in [3.63, 3.8) is 0 Å². The van der Waals surface area contributed by atoms with Gasteiger partial charge in [-0.05, 0) is 42.3 Å². The minimum absolute atomic E-state index is 0.0230. The van der Waals surface area contributed by atoms with Crippen LogP contribution in [0.25, 0.3) is 17.0 Å². The molecule has 0 unspecified atom stereocenters. The molecule has 2 aromatic carbocycles. The van der Waals surface area contributed by atoms with Gasteiger partial charge in [-0.25, -0.2) is 4.79 Å². The molecule has 1 amide bonds. The molecule has 1 N–H and O–H groups in total. The third kappa shape index (κ3) is 5.31. The highest BCUT2D eigenvalue weighted by molar-refractivity contribution is 6.01. The van der Waals surface area contributed by atoms with Crippen molar-refractivity contribution in [1.29, 1.82) is 5.26 Å². The molecule has 7 nitrogen and oxygen atoms in total. The first-order chi connectivity index (χ1) is 15.0. The van der Waals surface area contributed by atoms with Gasteiger partial charge in [0.2, 0.25) is 5.76 Å². The summed E-state index contributed by atoms with van der Waals surface area (Å²) in [6.07, 6.45) is 3.23. The number of hydrogen-bond donors (Lipinski definition) is 1. The summed E-state index contributed by atoms with van der Waals surface area (Å²) in [4.78, 5) is 24.6. The number of nitriles is 1. The molecule has 158 valence electrons. The fraction of sp³-hybridized carbons (Fsp3) is 0.208. The molecule has 0 aliphatic carbocycles. The Kier molecular flexibility index (Phi) is 7.07. The Morgan fingerprint density at radius 3 is 2.68 bits per heavy atom. The maximum Gasteiger partial charge on any atom is 0.379 e. The number of fused-ring (bicyclic) bond motifs is 1. The van der Waals surface area contributed by atoms with Gasteiger partial charge < -0.3 is 19.2 Å². The molecule has 0 bridgehead atoms. The second kappa shape index (κ2) is 10.1. The van der Waals surface area contributed by atoms with Crippen LogP contribution in [0.3, 0.4) is 0 Å². The normalized spacial score (nSPS) is 11.1. The van der Waals surface area contributed by atoms with E-state index in [4.69, 9.17) is 13.9 Å². The summed E-state index contributed by atoms with van der Waals surface area (Å²) in [6.45, 7) is 2.52. The lowest BCUT2D eigenvalue weighted by molar-refractivity contribution is -0.117. The van der Waals surface area contributed by atoms with E-state index in [0.717, 1.165) is 18.2 Å². The van der Waals surface area contributed by atoms with E-state index in [1.165, 1.54) is 19.3 Å². The lowest BCUT2D eigenvalue weighted by Crippen LogP contribution is -2.25. The van der Waals surface area contributed by atoms with Gasteiger partial charge in [0, 0.05) is 11.9 Å². The van der Waals surface area contributed by atoms with E-state index >= 15 is 0 Å². The highest BCUT2D eigenvalue weighted by Gasteiger charge is 2.17. The van der Waals surface area contributed by atoms with Crippen molar-refractivity contribution in [1.82, 2.24) is 5.32 Å². The Hall–Kier alpha value is -4.05. The number of methoxy groups -OCH3 is 1. The number of unbranched alkanes of at least 4 members (excludes halogenated alkanes) is 1. The number of carbonyl (C=O) groups excluding carboxylic acids is 2. The lowest BCUT2D eigenvalue weighted by Gasteiger charge is -2.09. The second-order valence-electron chi connectivity index (χ2n) is 6.73. The first-order valence-corrected chi connectivity index (χ1v) is 9.84. The summed E-state index contributed by atoms with van der Waals surface area (Å²) in [5.74, 6) is -0.554. The third-order valence-corrected chi connectivity index (χ3v) is 4.51. The first-order valence-electron chi connectivity index (χ1n) is 9.84. The highest BCUT2D eigenvalue weighted by Crippen LogP contribution is 2.30. The molecule has 0 fully saturated rings. The Bertz CT molecular complexity index is 1140. The van der Waals surface area contributed by atoms with Crippen LogP contribution in [0.1, 0.15) is 35.9 Å². The van der Waals surface area contributed by atoms with Gasteiger partial charge in [-0.3, -0.25) is 4.79 Å². The lowest BCUT2D eigenvalue weighted by atomic mass is 10.1. The van der Waals surface area contributed by atoms with E-state index in [2.05, 4.69) is 5.32 Å². The molecule has 0 spiro atoms. The van der Waals surface area contributed by atoms with Gasteiger partial charge in [0.15, 0.2) is 11.5 Å². The summed E-state index contributed by atoms with van der Waals surface area (Å²) in [5.41, 5.74) is 1.12. The first kappa shape index (κ1) is 21.7. The predicted octanol–water partition coefficient (Wildman–Crippen LogP) is 4.48. The van der Waals surface area contributed by atoms with Crippen molar-refractivity contribution >= 4 is 28.9 Å². The second-order valence-corrected chi connectivity index (χ2v) is 6.73. The summed E-state index contributed by atoms with van der Waals surface area (Å²) in [6, 6.07) is 15.5. The molecule has 1 heterocycles. The van der Waals surface area contributed by atoms with Crippen molar-refractivity contribution < 1.29 is 23.5 Å². The topological polar surface area (TPSA) is 102 Å². The fourth-order valence-corrected chi connectivity index (χ4v) is 2.88. The molecule has 31 heavy (non-hydrogen) atoms. The largest absolute Gasteiger partial charge is 0.493 e. The molecule has 0 saturated heterocycles. The monoisotopic (exact) mass is 418 g/mol. The number of hydrogen-bond acceptors (Lipinski definition) is 6. The van der Waals surface area contributed by atoms with E-state index in [0.29, 0.717) is 17.7 Å². The van der Waals surface area contributed by atoms with Gasteiger partial charge in [0.05, 0.1) is 7.11 Å². The van der Waals surface area contributed by atoms with Crippen LogP contribution < -0.4 is 14.8 Å². The zero-order valence-corrected chi connectivity index (χ0v) is 17.3. The molecular formula is C24H22N2O5. The van der Waals surface area contributed by atoms with Crippen molar-refractivity contribution in [2.24, 2.45) is 0 Å². The fourth-order valence-electron chi connectivity index (χ4n) is 2.88. The van der Waals surface area contributed by atoms with Crippen LogP contribution in [0.5, 0.6) is 11.5 Å². The summed E-state index contributed by atoms with van der Waals surface area (Å²) in [7, 11) is 1.43. The van der Waals surface area contributed by atoms with Crippen LogP contribution in [0.2, 0.25) is 0 Å². The number of nitrogens with zero attached hydrogens (tertiary/aromatic N) is 1. The predicted molar refractivity (Wildman–Crippen MR) is 116 cm³/mol. The van der Waals surface area contributed by atoms with Gasteiger partial charge in [0.25, 0.3) is 5.91 Å². The number of para-hydroxylation sites is 1. The Balaban J connectivity index is 1.78. The molecule has 0 aliphatic heterocycles. The number of furan rings is 1. The molecular weight excluding hydrogens is 396 g/mol. The Morgan fingerprint density at radius 1 is 1.16 bits per heavy atom. The number of esters is 1.